The van der Waals surface area contributed by atoms with Crippen molar-refractivity contribution in [3.63, 3.8) is 0 Å². The molecule has 0 aromatic carbocycles. The molecule has 1 aliphatic rings. The maximum Gasteiger partial charge on any atom is 0.218 e. The van der Waals surface area contributed by atoms with Crippen LogP contribution in [0.15, 0.2) is 0 Å². The van der Waals surface area contributed by atoms with Gasteiger partial charge in [-0.3, -0.25) is 8.37 Å². The summed E-state index contributed by atoms with van der Waals surface area (Å²) in [6.45, 7) is -1.85. The van der Waals surface area contributed by atoms with Gasteiger partial charge >= 0.3 is 0 Å². The van der Waals surface area contributed by atoms with Crippen LogP contribution in [0.5, 0.6) is 0 Å². The van der Waals surface area contributed by atoms with Gasteiger partial charge in [-0.15, -0.1) is 0 Å². The summed E-state index contributed by atoms with van der Waals surface area (Å²) in [5.74, 6) is 0. The average molecular weight is 400 g/mol. The molecule has 0 bridgehead atoms. The van der Waals surface area contributed by atoms with Crippen molar-refractivity contribution in [2.45, 2.75) is 24.4 Å². The monoisotopic (exact) mass is 400 g/mol. The van der Waals surface area contributed by atoms with Crippen LogP contribution in [0.1, 0.15) is 0 Å². The van der Waals surface area contributed by atoms with Gasteiger partial charge in [-0.25, -0.2) is 30.0 Å². The molecule has 138 valence electrons. The molecule has 0 aromatic rings. The first-order valence-electron chi connectivity index (χ1n) is 5.45. The van der Waals surface area contributed by atoms with E-state index in [0.717, 1.165) is 0 Å². The van der Waals surface area contributed by atoms with Crippen LogP contribution in [0.2, 0.25) is 0 Å². The van der Waals surface area contributed by atoms with E-state index in [1.54, 1.807) is 0 Å². The molecule has 1 aliphatic heterocycles. The highest BCUT2D eigenvalue weighted by Gasteiger charge is 2.42. The Morgan fingerprint density at radius 2 is 1.65 bits per heavy atom. The molecule has 4 atom stereocenters. The summed E-state index contributed by atoms with van der Waals surface area (Å²) >= 11 is 0. The Labute approximate surface area is 131 Å². The van der Waals surface area contributed by atoms with E-state index in [-0.39, 0.29) is 0 Å². The zero-order valence-corrected chi connectivity index (χ0v) is 13.2. The van der Waals surface area contributed by atoms with Crippen LogP contribution in [-0.2, 0) is 44.2 Å². The van der Waals surface area contributed by atoms with E-state index < -0.39 is 68.7 Å². The molecule has 1 rings (SSSR count). The Morgan fingerprint density at radius 1 is 1.09 bits per heavy atom. The summed E-state index contributed by atoms with van der Waals surface area (Å²) in [5, 5.41) is 9.79. The number of hydrogen-bond acceptors (Lipinski definition) is 13. The first-order valence-corrected chi connectivity index (χ1v) is 9.52. The van der Waals surface area contributed by atoms with Crippen molar-refractivity contribution in [2.24, 2.45) is 0 Å². The van der Waals surface area contributed by atoms with E-state index in [4.69, 9.17) is 4.74 Å². The largest absolute Gasteiger partial charge is 0.735 e. The summed E-state index contributed by atoms with van der Waals surface area (Å²) < 4.78 is 109. The van der Waals surface area contributed by atoms with Crippen LogP contribution in [0.4, 0.5) is 0 Å². The lowest BCUT2D eigenvalue weighted by Crippen LogP contribution is -2.61. The fourth-order valence-electron chi connectivity index (χ4n) is 1.71. The van der Waals surface area contributed by atoms with Crippen LogP contribution in [0, 0.1) is 0 Å². The van der Waals surface area contributed by atoms with Gasteiger partial charge < -0.3 is 23.5 Å². The molecule has 1 heterocycles. The van der Waals surface area contributed by atoms with Gasteiger partial charge in [-0.05, 0) is 0 Å². The van der Waals surface area contributed by atoms with E-state index >= 15 is 0 Å². The first kappa shape index (κ1) is 20.6. The Kier molecular flexibility index (Phi) is 6.43. The maximum absolute atomic E-state index is 10.6. The number of nitrogens with one attached hydrogen (secondary N) is 1. The van der Waals surface area contributed by atoms with Crippen LogP contribution in [0.25, 0.3) is 0 Å². The third-order valence-corrected chi connectivity index (χ3v) is 3.98. The lowest BCUT2D eigenvalue weighted by atomic mass is 9.99. The molecule has 0 aromatic heterocycles. The van der Waals surface area contributed by atoms with Crippen molar-refractivity contribution >= 4 is 31.1 Å². The number of rotatable bonds is 7. The van der Waals surface area contributed by atoms with E-state index in [9.17, 15) is 44.0 Å². The number of ether oxygens (including phenoxy) is 1. The lowest BCUT2D eigenvalue weighted by molar-refractivity contribution is -0.149. The molecule has 23 heavy (non-hydrogen) atoms. The van der Waals surface area contributed by atoms with Crippen molar-refractivity contribution in [3.8, 4) is 0 Å². The topological polar surface area (TPSA) is 232 Å². The van der Waals surface area contributed by atoms with E-state index in [2.05, 4.69) is 8.37 Å². The standard InChI is InChI=1S/C6H13NO13S3/c8-5-4(2-19-22(12,13)14)18-1-3(7-21(9,10)11)6(5)20-23(15,16)17/h3-8H,1-2H2,(H,9,10,11)(H,12,13,14)(H,15,16,17)/p-3/t3?,4?,5-,6+/m1/s1. The van der Waals surface area contributed by atoms with Gasteiger partial charge in [0.1, 0.15) is 18.3 Å². The highest BCUT2D eigenvalue weighted by atomic mass is 32.3. The Morgan fingerprint density at radius 3 is 2.09 bits per heavy atom. The van der Waals surface area contributed by atoms with E-state index in [0.29, 0.717) is 0 Å². The van der Waals surface area contributed by atoms with Gasteiger partial charge in [0.2, 0.25) is 20.8 Å². The molecule has 0 spiro atoms. The molecular formula is C6H10NO13S3-3. The first-order chi connectivity index (χ1) is 10.2. The van der Waals surface area contributed by atoms with Crippen molar-refractivity contribution in [2.75, 3.05) is 13.2 Å². The minimum absolute atomic E-state index is 0.786. The van der Waals surface area contributed by atoms with Gasteiger partial charge in [-0.2, -0.15) is 0 Å². The second-order valence-electron chi connectivity index (χ2n) is 4.20. The minimum atomic E-state index is -5.44. The molecule has 1 saturated heterocycles. The second-order valence-corrected chi connectivity index (χ2v) is 7.41. The van der Waals surface area contributed by atoms with Crippen molar-refractivity contribution in [1.82, 2.24) is 4.72 Å². The maximum atomic E-state index is 10.6. The molecule has 0 amide bonds. The van der Waals surface area contributed by atoms with Crippen molar-refractivity contribution in [1.29, 1.82) is 0 Å². The Bertz CT molecular complexity index is 711. The second kappa shape index (κ2) is 7.19. The number of aliphatic hydroxyl groups excluding tert-OH is 1. The van der Waals surface area contributed by atoms with Crippen molar-refractivity contribution in [3.05, 3.63) is 0 Å². The molecule has 2 N–H and O–H groups in total. The van der Waals surface area contributed by atoms with Gasteiger partial charge in [0.15, 0.2) is 10.3 Å². The fraction of sp³-hybridized carbons (Fsp3) is 1.00. The normalized spacial score (nSPS) is 30.3. The Balaban J connectivity index is 2.95. The Hall–Kier alpha value is -0.470. The molecule has 0 radical (unpaired) electrons. The zero-order chi connectivity index (χ0) is 18.1. The smallest absolute Gasteiger partial charge is 0.218 e. The SMILES string of the molecule is O=S(=O)([O-])NC1COC(COS(=O)(=O)[O-])[C@@H](O)[C@H]1OS(=O)(=O)[O-]. The lowest BCUT2D eigenvalue weighted by Gasteiger charge is -2.40. The quantitative estimate of drug-likeness (QED) is 0.303. The zero-order valence-electron chi connectivity index (χ0n) is 10.8. The van der Waals surface area contributed by atoms with Crippen LogP contribution < -0.4 is 4.72 Å². The van der Waals surface area contributed by atoms with Gasteiger partial charge in [0, 0.05) is 0 Å². The van der Waals surface area contributed by atoms with Gasteiger partial charge in [0.05, 0.1) is 19.3 Å². The predicted octanol–water partition coefficient (Wildman–Crippen LogP) is -4.51. The van der Waals surface area contributed by atoms with Crippen molar-refractivity contribution < 1.29 is 57.1 Å². The average Bonchev–Trinajstić information content (AvgIpc) is 2.28. The van der Waals surface area contributed by atoms with Crippen LogP contribution in [-0.4, -0.2) is 81.6 Å². The highest BCUT2D eigenvalue weighted by molar-refractivity contribution is 7.83. The minimum Gasteiger partial charge on any atom is -0.735 e. The summed E-state index contributed by atoms with van der Waals surface area (Å²) in [4.78, 5) is 0. The molecule has 17 heteroatoms. The third-order valence-electron chi connectivity index (χ3n) is 2.51. The summed E-state index contributed by atoms with van der Waals surface area (Å²) in [5.41, 5.74) is 0. The summed E-state index contributed by atoms with van der Waals surface area (Å²) in [6, 6.07) is -1.77. The fourth-order valence-corrected chi connectivity index (χ4v) is 3.11. The van der Waals surface area contributed by atoms with E-state index in [1.165, 1.54) is 4.72 Å². The molecular weight excluding hydrogens is 390 g/mol. The van der Waals surface area contributed by atoms with Gasteiger partial charge in [0.25, 0.3) is 0 Å². The van der Waals surface area contributed by atoms with E-state index in [1.807, 2.05) is 0 Å². The molecule has 14 nitrogen and oxygen atoms in total. The molecule has 1 fully saturated rings. The van der Waals surface area contributed by atoms with Crippen LogP contribution >= 0.6 is 0 Å². The number of aliphatic hydroxyl groups is 1. The van der Waals surface area contributed by atoms with Gasteiger partial charge in [-0.1, -0.05) is 0 Å². The molecule has 2 unspecified atom stereocenters. The van der Waals surface area contributed by atoms with Crippen LogP contribution in [0.3, 0.4) is 0 Å². The summed E-state index contributed by atoms with van der Waals surface area (Å²) in [7, 11) is -15.7. The molecule has 0 saturated carbocycles. The third kappa shape index (κ3) is 7.76. The summed E-state index contributed by atoms with van der Waals surface area (Å²) in [6.07, 6.45) is -5.88. The molecule has 0 aliphatic carbocycles. The number of hydrogen-bond donors (Lipinski definition) is 2. The highest BCUT2D eigenvalue weighted by Crippen LogP contribution is 2.21. The predicted molar refractivity (Wildman–Crippen MR) is 62.6 cm³/mol.